The molecule has 1 aliphatic rings. The van der Waals surface area contributed by atoms with E-state index in [1.807, 2.05) is 11.0 Å². The lowest BCUT2D eigenvalue weighted by Gasteiger charge is -2.16. The fourth-order valence-electron chi connectivity index (χ4n) is 2.79. The average Bonchev–Trinajstić information content (AvgIpc) is 3.17. The molecular formula is C18H20ClN3O3. The molecule has 0 atom stereocenters. The van der Waals surface area contributed by atoms with Crippen LogP contribution in [0.25, 0.3) is 0 Å². The van der Waals surface area contributed by atoms with Gasteiger partial charge in [0, 0.05) is 25.2 Å². The van der Waals surface area contributed by atoms with Gasteiger partial charge in [0.1, 0.15) is 17.2 Å². The third kappa shape index (κ3) is 3.79. The van der Waals surface area contributed by atoms with Gasteiger partial charge in [-0.15, -0.1) is 0 Å². The summed E-state index contributed by atoms with van der Waals surface area (Å²) in [6, 6.07) is 6.98. The molecule has 1 aromatic carbocycles. The summed E-state index contributed by atoms with van der Waals surface area (Å²) in [6.07, 6.45) is 3.75. The van der Waals surface area contributed by atoms with E-state index >= 15 is 0 Å². The van der Waals surface area contributed by atoms with Crippen molar-refractivity contribution >= 4 is 28.9 Å². The van der Waals surface area contributed by atoms with E-state index in [1.165, 1.54) is 0 Å². The summed E-state index contributed by atoms with van der Waals surface area (Å²) in [5.41, 5.74) is 1.89. The molecule has 7 heteroatoms. The van der Waals surface area contributed by atoms with Crippen LogP contribution in [0.15, 0.2) is 30.5 Å². The van der Waals surface area contributed by atoms with Gasteiger partial charge in [0.25, 0.3) is 5.91 Å². The zero-order chi connectivity index (χ0) is 17.8. The van der Waals surface area contributed by atoms with Crippen molar-refractivity contribution in [1.82, 2.24) is 9.88 Å². The van der Waals surface area contributed by atoms with Gasteiger partial charge in [0.05, 0.1) is 36.8 Å². The Morgan fingerprint density at radius 2 is 1.88 bits per heavy atom. The molecule has 25 heavy (non-hydrogen) atoms. The van der Waals surface area contributed by atoms with E-state index in [-0.39, 0.29) is 5.91 Å². The zero-order valence-electron chi connectivity index (χ0n) is 14.2. The molecule has 3 rings (SSSR count). The molecule has 0 saturated carbocycles. The van der Waals surface area contributed by atoms with Crippen molar-refractivity contribution in [1.29, 1.82) is 0 Å². The molecule has 1 saturated heterocycles. The Labute approximate surface area is 151 Å². The first kappa shape index (κ1) is 17.4. The van der Waals surface area contributed by atoms with E-state index in [1.54, 1.807) is 38.6 Å². The minimum absolute atomic E-state index is 0.0187. The number of ether oxygens (including phenoxy) is 2. The predicted molar refractivity (Wildman–Crippen MR) is 97.2 cm³/mol. The number of hydrogen-bond donors (Lipinski definition) is 1. The molecule has 1 fully saturated rings. The molecule has 0 spiro atoms. The number of nitrogens with one attached hydrogen (secondary N) is 1. The van der Waals surface area contributed by atoms with Crippen LogP contribution in [0.2, 0.25) is 5.02 Å². The maximum atomic E-state index is 12.3. The Hall–Kier alpha value is -2.47. The van der Waals surface area contributed by atoms with Gasteiger partial charge >= 0.3 is 0 Å². The molecular weight excluding hydrogens is 342 g/mol. The van der Waals surface area contributed by atoms with Crippen LogP contribution in [0.4, 0.5) is 11.4 Å². The van der Waals surface area contributed by atoms with Crippen molar-refractivity contribution in [3.05, 3.63) is 41.2 Å². The molecule has 1 aliphatic heterocycles. The van der Waals surface area contributed by atoms with E-state index in [9.17, 15) is 4.79 Å². The third-order valence-electron chi connectivity index (χ3n) is 4.13. The van der Waals surface area contributed by atoms with Crippen LogP contribution in [-0.2, 0) is 0 Å². The van der Waals surface area contributed by atoms with Crippen molar-refractivity contribution in [2.24, 2.45) is 0 Å². The SMILES string of the molecule is COc1cc(Nc2ccc(C(=O)N3CCCC3)nc2)c(OC)cc1Cl. The number of halogens is 1. The Kier molecular flexibility index (Phi) is 5.28. The highest BCUT2D eigenvalue weighted by molar-refractivity contribution is 6.32. The summed E-state index contributed by atoms with van der Waals surface area (Å²) in [5.74, 6) is 1.11. The standard InChI is InChI=1S/C18H20ClN3O3/c1-24-16-10-15(17(25-2)9-13(16)19)21-12-5-6-14(20-11-12)18(23)22-7-3-4-8-22/h5-6,9-11,21H,3-4,7-8H2,1-2H3. The highest BCUT2D eigenvalue weighted by Crippen LogP contribution is 2.37. The molecule has 6 nitrogen and oxygen atoms in total. The topological polar surface area (TPSA) is 63.7 Å². The van der Waals surface area contributed by atoms with E-state index in [0.29, 0.717) is 27.9 Å². The van der Waals surface area contributed by atoms with Crippen LogP contribution < -0.4 is 14.8 Å². The van der Waals surface area contributed by atoms with Crippen LogP contribution >= 0.6 is 11.6 Å². The maximum Gasteiger partial charge on any atom is 0.272 e. The molecule has 2 aromatic rings. The molecule has 1 aromatic heterocycles. The van der Waals surface area contributed by atoms with Crippen molar-refractivity contribution in [3.8, 4) is 11.5 Å². The number of amides is 1. The maximum absolute atomic E-state index is 12.3. The van der Waals surface area contributed by atoms with E-state index in [4.69, 9.17) is 21.1 Å². The second kappa shape index (κ2) is 7.61. The summed E-state index contributed by atoms with van der Waals surface area (Å²) < 4.78 is 10.6. The van der Waals surface area contributed by atoms with E-state index < -0.39 is 0 Å². The van der Waals surface area contributed by atoms with E-state index in [2.05, 4.69) is 10.3 Å². The minimum Gasteiger partial charge on any atom is -0.495 e. The predicted octanol–water partition coefficient (Wildman–Crippen LogP) is 3.73. The monoisotopic (exact) mass is 361 g/mol. The summed E-state index contributed by atoms with van der Waals surface area (Å²) >= 11 is 6.11. The number of aromatic nitrogens is 1. The van der Waals surface area contributed by atoms with Gasteiger partial charge in [-0.2, -0.15) is 0 Å². The average molecular weight is 362 g/mol. The number of pyridine rings is 1. The van der Waals surface area contributed by atoms with Crippen molar-refractivity contribution < 1.29 is 14.3 Å². The highest BCUT2D eigenvalue weighted by atomic mass is 35.5. The minimum atomic E-state index is -0.0187. The summed E-state index contributed by atoms with van der Waals surface area (Å²) in [5, 5.41) is 3.68. The lowest BCUT2D eigenvalue weighted by atomic mass is 10.2. The van der Waals surface area contributed by atoms with Crippen molar-refractivity contribution in [2.75, 3.05) is 32.6 Å². The number of benzene rings is 1. The number of likely N-dealkylation sites (tertiary alicyclic amines) is 1. The molecule has 0 aliphatic carbocycles. The normalized spacial score (nSPS) is 13.6. The van der Waals surface area contributed by atoms with Crippen molar-refractivity contribution in [3.63, 3.8) is 0 Å². The Morgan fingerprint density at radius 3 is 2.48 bits per heavy atom. The Balaban J connectivity index is 1.78. The van der Waals surface area contributed by atoms with Crippen LogP contribution in [-0.4, -0.2) is 43.1 Å². The number of anilines is 2. The molecule has 2 heterocycles. The second-order valence-corrected chi connectivity index (χ2v) is 6.15. The molecule has 0 bridgehead atoms. The molecule has 0 radical (unpaired) electrons. The Morgan fingerprint density at radius 1 is 1.16 bits per heavy atom. The van der Waals surface area contributed by atoms with Crippen LogP contribution in [0.5, 0.6) is 11.5 Å². The smallest absolute Gasteiger partial charge is 0.272 e. The zero-order valence-corrected chi connectivity index (χ0v) is 15.0. The number of nitrogens with zero attached hydrogens (tertiary/aromatic N) is 2. The third-order valence-corrected chi connectivity index (χ3v) is 4.42. The lowest BCUT2D eigenvalue weighted by molar-refractivity contribution is 0.0787. The van der Waals surface area contributed by atoms with Gasteiger partial charge in [-0.25, -0.2) is 4.98 Å². The number of carbonyl (C=O) groups is 1. The molecule has 1 amide bonds. The summed E-state index contributed by atoms with van der Waals surface area (Å²) in [7, 11) is 3.12. The van der Waals surface area contributed by atoms with Gasteiger partial charge in [0.2, 0.25) is 0 Å². The summed E-state index contributed by atoms with van der Waals surface area (Å²) in [6.45, 7) is 1.62. The number of hydrogen-bond acceptors (Lipinski definition) is 5. The van der Waals surface area contributed by atoms with Gasteiger partial charge in [-0.1, -0.05) is 11.6 Å². The van der Waals surface area contributed by atoms with Gasteiger partial charge in [0.15, 0.2) is 0 Å². The first-order chi connectivity index (χ1) is 12.1. The molecule has 1 N–H and O–H groups in total. The summed E-state index contributed by atoms with van der Waals surface area (Å²) in [4.78, 5) is 18.4. The fourth-order valence-corrected chi connectivity index (χ4v) is 3.02. The van der Waals surface area contributed by atoms with Gasteiger partial charge in [-0.3, -0.25) is 4.79 Å². The molecule has 132 valence electrons. The largest absolute Gasteiger partial charge is 0.495 e. The lowest BCUT2D eigenvalue weighted by Crippen LogP contribution is -2.28. The first-order valence-electron chi connectivity index (χ1n) is 8.06. The van der Waals surface area contributed by atoms with Crippen molar-refractivity contribution in [2.45, 2.75) is 12.8 Å². The fraction of sp³-hybridized carbons (Fsp3) is 0.333. The molecule has 0 unspecified atom stereocenters. The number of carbonyl (C=O) groups excluding carboxylic acids is 1. The van der Waals surface area contributed by atoms with E-state index in [0.717, 1.165) is 31.6 Å². The number of methoxy groups -OCH3 is 2. The highest BCUT2D eigenvalue weighted by Gasteiger charge is 2.20. The van der Waals surface area contributed by atoms with Crippen LogP contribution in [0.3, 0.4) is 0 Å². The quantitative estimate of drug-likeness (QED) is 0.879. The van der Waals surface area contributed by atoms with Gasteiger partial charge < -0.3 is 19.7 Å². The van der Waals surface area contributed by atoms with Crippen LogP contribution in [0, 0.1) is 0 Å². The second-order valence-electron chi connectivity index (χ2n) is 5.74. The first-order valence-corrected chi connectivity index (χ1v) is 8.44. The van der Waals surface area contributed by atoms with Crippen LogP contribution in [0.1, 0.15) is 23.3 Å². The van der Waals surface area contributed by atoms with Gasteiger partial charge in [-0.05, 0) is 25.0 Å². The Bertz CT molecular complexity index is 759. The number of rotatable bonds is 5.